The van der Waals surface area contributed by atoms with E-state index in [-0.39, 0.29) is 17.4 Å². The average Bonchev–Trinajstić information content (AvgIpc) is 3.14. The molecule has 0 saturated heterocycles. The molecule has 3 rings (SSSR count). The highest BCUT2D eigenvalue weighted by molar-refractivity contribution is 6.04. The van der Waals surface area contributed by atoms with Crippen molar-refractivity contribution >= 4 is 23.5 Å². The topological polar surface area (TPSA) is 131 Å². The Balaban J connectivity index is 1.82. The van der Waals surface area contributed by atoms with Crippen LogP contribution in [0.15, 0.2) is 36.5 Å². The summed E-state index contributed by atoms with van der Waals surface area (Å²) in [4.78, 5) is 20.8. The van der Waals surface area contributed by atoms with Crippen LogP contribution in [0.4, 0.5) is 17.6 Å². The number of hydrogen-bond acceptors (Lipinski definition) is 8. The maximum Gasteiger partial charge on any atom is 0.270 e. The van der Waals surface area contributed by atoms with E-state index in [1.54, 1.807) is 0 Å². The van der Waals surface area contributed by atoms with Crippen LogP contribution in [0.3, 0.4) is 0 Å². The molecule has 0 unspecified atom stereocenters. The van der Waals surface area contributed by atoms with Crippen LogP contribution in [-0.4, -0.2) is 43.1 Å². The monoisotopic (exact) mass is 340 g/mol. The largest absolute Gasteiger partial charge is 0.477 e. The number of rotatable bonds is 7. The minimum Gasteiger partial charge on any atom is -0.477 e. The number of amides is 1. The number of H-pyrrole nitrogens is 1. The van der Waals surface area contributed by atoms with Gasteiger partial charge in [-0.1, -0.05) is 30.2 Å². The second kappa shape index (κ2) is 7.81. The smallest absolute Gasteiger partial charge is 0.270 e. The molecule has 0 saturated carbocycles. The second-order valence-corrected chi connectivity index (χ2v) is 4.94. The molecule has 25 heavy (non-hydrogen) atoms. The lowest BCUT2D eigenvalue weighted by molar-refractivity contribution is 0.102. The Morgan fingerprint density at radius 2 is 2.08 bits per heavy atom. The van der Waals surface area contributed by atoms with Gasteiger partial charge in [0.2, 0.25) is 11.8 Å². The van der Waals surface area contributed by atoms with Crippen molar-refractivity contribution in [2.45, 2.75) is 13.3 Å². The van der Waals surface area contributed by atoms with Crippen LogP contribution in [-0.2, 0) is 0 Å². The molecular formula is C15H16N8O2. The van der Waals surface area contributed by atoms with Crippen LogP contribution in [0.25, 0.3) is 0 Å². The van der Waals surface area contributed by atoms with Crippen molar-refractivity contribution in [2.24, 2.45) is 0 Å². The second-order valence-electron chi connectivity index (χ2n) is 4.94. The van der Waals surface area contributed by atoms with Crippen LogP contribution in [0.1, 0.15) is 23.7 Å². The van der Waals surface area contributed by atoms with E-state index in [0.717, 1.165) is 12.1 Å². The first-order valence-corrected chi connectivity index (χ1v) is 7.63. The first-order valence-electron chi connectivity index (χ1n) is 7.63. The predicted molar refractivity (Wildman–Crippen MR) is 89.7 cm³/mol. The lowest BCUT2D eigenvalue weighted by Gasteiger charge is -2.11. The molecule has 0 bridgehead atoms. The molecule has 2 heterocycles. The van der Waals surface area contributed by atoms with Crippen molar-refractivity contribution in [3.63, 3.8) is 0 Å². The Morgan fingerprint density at radius 3 is 2.80 bits per heavy atom. The molecule has 1 aromatic carbocycles. The number of para-hydroxylation sites is 1. The summed E-state index contributed by atoms with van der Waals surface area (Å²) in [7, 11) is 0. The summed E-state index contributed by atoms with van der Waals surface area (Å²) in [6, 6.07) is 9.46. The van der Waals surface area contributed by atoms with Crippen molar-refractivity contribution in [1.82, 2.24) is 30.6 Å². The highest BCUT2D eigenvalue weighted by Crippen LogP contribution is 2.20. The molecule has 0 radical (unpaired) electrons. The number of nitrogens with one attached hydrogen (secondary N) is 3. The minimum absolute atomic E-state index is 0.0536. The normalized spacial score (nSPS) is 10.3. The van der Waals surface area contributed by atoms with E-state index >= 15 is 0 Å². The fourth-order valence-corrected chi connectivity index (χ4v) is 1.93. The van der Waals surface area contributed by atoms with Gasteiger partial charge in [0.05, 0.1) is 6.61 Å². The first kappa shape index (κ1) is 16.3. The third-order valence-corrected chi connectivity index (χ3v) is 3.04. The van der Waals surface area contributed by atoms with E-state index in [1.165, 1.54) is 6.20 Å². The third-order valence-electron chi connectivity index (χ3n) is 3.04. The molecular weight excluding hydrogens is 324 g/mol. The molecule has 3 N–H and O–H groups in total. The highest BCUT2D eigenvalue weighted by atomic mass is 16.5. The summed E-state index contributed by atoms with van der Waals surface area (Å²) in [6.07, 6.45) is 2.16. The number of carbonyl (C=O) groups is 1. The van der Waals surface area contributed by atoms with Crippen molar-refractivity contribution < 1.29 is 9.53 Å². The zero-order valence-electron chi connectivity index (χ0n) is 13.4. The molecule has 0 aliphatic heterocycles. The number of carbonyl (C=O) groups excluding carboxylic acids is 1. The summed E-state index contributed by atoms with van der Waals surface area (Å²) in [5.74, 6) is 0.0707. The molecule has 0 spiro atoms. The van der Waals surface area contributed by atoms with Crippen LogP contribution < -0.4 is 15.4 Å². The van der Waals surface area contributed by atoms with E-state index < -0.39 is 5.91 Å². The lowest BCUT2D eigenvalue weighted by atomic mass is 10.3. The molecule has 0 fully saturated rings. The SMILES string of the molecule is CCCOc1nc(Nc2ccccc2)ncc1C(=O)Nc1nn[nH]n1. The van der Waals surface area contributed by atoms with Gasteiger partial charge in [-0.2, -0.15) is 10.2 Å². The van der Waals surface area contributed by atoms with Gasteiger partial charge in [-0.15, -0.1) is 5.10 Å². The molecule has 128 valence electrons. The first-order chi connectivity index (χ1) is 12.3. The van der Waals surface area contributed by atoms with E-state index in [9.17, 15) is 4.79 Å². The fourth-order valence-electron chi connectivity index (χ4n) is 1.93. The molecule has 10 nitrogen and oxygen atoms in total. The average molecular weight is 340 g/mol. The van der Waals surface area contributed by atoms with Gasteiger partial charge in [-0.05, 0) is 23.8 Å². The molecule has 0 aliphatic carbocycles. The zero-order chi connectivity index (χ0) is 17.5. The number of nitrogens with zero attached hydrogens (tertiary/aromatic N) is 5. The number of anilines is 3. The lowest BCUT2D eigenvalue weighted by Crippen LogP contribution is -2.17. The third kappa shape index (κ3) is 4.25. The van der Waals surface area contributed by atoms with Crippen molar-refractivity contribution in [2.75, 3.05) is 17.2 Å². The van der Waals surface area contributed by atoms with E-state index in [2.05, 4.69) is 41.2 Å². The van der Waals surface area contributed by atoms with Gasteiger partial charge in [-0.25, -0.2) is 4.98 Å². The summed E-state index contributed by atoms with van der Waals surface area (Å²) in [6.45, 7) is 2.38. The fraction of sp³-hybridized carbons (Fsp3) is 0.200. The Hall–Kier alpha value is -3.56. The summed E-state index contributed by atoms with van der Waals surface area (Å²) < 4.78 is 5.59. The molecule has 2 aromatic heterocycles. The maximum atomic E-state index is 12.4. The van der Waals surface area contributed by atoms with Gasteiger partial charge in [0.15, 0.2) is 0 Å². The van der Waals surface area contributed by atoms with Crippen molar-refractivity contribution in [3.05, 3.63) is 42.1 Å². The Kier molecular flexibility index (Phi) is 5.10. The number of hydrogen-bond donors (Lipinski definition) is 3. The maximum absolute atomic E-state index is 12.4. The number of tetrazole rings is 1. The van der Waals surface area contributed by atoms with Gasteiger partial charge in [0.25, 0.3) is 11.9 Å². The van der Waals surface area contributed by atoms with Crippen LogP contribution in [0, 0.1) is 0 Å². The number of aromatic nitrogens is 6. The number of benzene rings is 1. The quantitative estimate of drug-likeness (QED) is 0.593. The summed E-state index contributed by atoms with van der Waals surface area (Å²) >= 11 is 0. The predicted octanol–water partition coefficient (Wildman–Crippen LogP) is 1.77. The number of aromatic amines is 1. The van der Waals surface area contributed by atoms with Crippen LogP contribution >= 0.6 is 0 Å². The molecule has 10 heteroatoms. The van der Waals surface area contributed by atoms with E-state index in [4.69, 9.17) is 4.74 Å². The molecule has 1 amide bonds. The van der Waals surface area contributed by atoms with Gasteiger partial charge < -0.3 is 10.1 Å². The molecule has 3 aromatic rings. The highest BCUT2D eigenvalue weighted by Gasteiger charge is 2.18. The summed E-state index contributed by atoms with van der Waals surface area (Å²) in [5, 5.41) is 18.5. The Labute approximate surface area is 143 Å². The Morgan fingerprint density at radius 1 is 1.24 bits per heavy atom. The van der Waals surface area contributed by atoms with Gasteiger partial charge in [0.1, 0.15) is 5.56 Å². The molecule has 0 atom stereocenters. The zero-order valence-corrected chi connectivity index (χ0v) is 13.4. The van der Waals surface area contributed by atoms with Crippen molar-refractivity contribution in [1.29, 1.82) is 0 Å². The van der Waals surface area contributed by atoms with Crippen LogP contribution in [0.5, 0.6) is 5.88 Å². The van der Waals surface area contributed by atoms with E-state index in [0.29, 0.717) is 12.6 Å². The van der Waals surface area contributed by atoms with Gasteiger partial charge in [0, 0.05) is 11.9 Å². The Bertz CT molecular complexity index is 823. The van der Waals surface area contributed by atoms with E-state index in [1.807, 2.05) is 37.3 Å². The van der Waals surface area contributed by atoms with Crippen LogP contribution in [0.2, 0.25) is 0 Å². The minimum atomic E-state index is -0.487. The standard InChI is InChI=1S/C15H16N8O2/c1-2-8-25-13-11(12(24)18-15-20-22-23-21-15)9-16-14(19-13)17-10-6-4-3-5-7-10/h3-7,9H,2,8H2,1H3,(H,16,17,19)(H2,18,20,21,22,23,24). The van der Waals surface area contributed by atoms with Gasteiger partial charge in [-0.3, -0.25) is 10.1 Å². The van der Waals surface area contributed by atoms with Gasteiger partial charge >= 0.3 is 0 Å². The van der Waals surface area contributed by atoms with Crippen molar-refractivity contribution in [3.8, 4) is 5.88 Å². The molecule has 0 aliphatic rings. The summed E-state index contributed by atoms with van der Waals surface area (Å²) in [5.41, 5.74) is 1.00. The number of ether oxygens (including phenoxy) is 1.